The van der Waals surface area contributed by atoms with Crippen LogP contribution in [0, 0.1) is 12.8 Å². The zero-order valence-corrected chi connectivity index (χ0v) is 20.1. The van der Waals surface area contributed by atoms with Crippen LogP contribution in [0.25, 0.3) is 0 Å². The molecule has 2 amide bonds. The van der Waals surface area contributed by atoms with E-state index < -0.39 is 30.4 Å². The minimum atomic E-state index is -0.695. The standard InChI is InChI=1S/C23H28N2O7S/c1-6-30-23(29)18-14(4)19(20(27)24-5)33-21(18)25-17(26)12-32-22(28)15-8-7-9-16(10-15)31-11-13(2)3/h7-10,13H,6,11-12H2,1-5H3,(H,24,27)(H,25,26). The number of ether oxygens (including phenoxy) is 3. The summed E-state index contributed by atoms with van der Waals surface area (Å²) in [6.07, 6.45) is 0. The normalized spacial score (nSPS) is 10.5. The second kappa shape index (κ2) is 12.0. The Morgan fingerprint density at radius 3 is 2.45 bits per heavy atom. The zero-order valence-electron chi connectivity index (χ0n) is 19.3. The van der Waals surface area contributed by atoms with Gasteiger partial charge in [0.05, 0.1) is 29.2 Å². The molecular weight excluding hydrogens is 448 g/mol. The lowest BCUT2D eigenvalue weighted by Crippen LogP contribution is -2.21. The van der Waals surface area contributed by atoms with E-state index in [9.17, 15) is 19.2 Å². The highest BCUT2D eigenvalue weighted by molar-refractivity contribution is 7.18. The topological polar surface area (TPSA) is 120 Å². The van der Waals surface area contributed by atoms with Crippen LogP contribution in [0.2, 0.25) is 0 Å². The third-order valence-electron chi connectivity index (χ3n) is 4.30. The van der Waals surface area contributed by atoms with Crippen LogP contribution in [0.15, 0.2) is 24.3 Å². The summed E-state index contributed by atoms with van der Waals surface area (Å²) in [6.45, 7) is 7.32. The fourth-order valence-corrected chi connectivity index (χ4v) is 3.89. The van der Waals surface area contributed by atoms with Crippen molar-refractivity contribution in [3.8, 4) is 5.75 Å². The molecular formula is C23H28N2O7S. The van der Waals surface area contributed by atoms with Crippen LogP contribution in [-0.2, 0) is 14.3 Å². The number of thiophene rings is 1. The van der Waals surface area contributed by atoms with Crippen molar-refractivity contribution in [1.29, 1.82) is 0 Å². The number of anilines is 1. The summed E-state index contributed by atoms with van der Waals surface area (Å²) in [5.74, 6) is -1.56. The summed E-state index contributed by atoms with van der Waals surface area (Å²) < 4.78 is 15.7. The molecule has 0 unspecified atom stereocenters. The van der Waals surface area contributed by atoms with Gasteiger partial charge >= 0.3 is 11.9 Å². The number of hydrogen-bond acceptors (Lipinski definition) is 8. The molecule has 0 aliphatic heterocycles. The summed E-state index contributed by atoms with van der Waals surface area (Å²) >= 11 is 0.940. The molecule has 0 aliphatic rings. The van der Waals surface area contributed by atoms with E-state index >= 15 is 0 Å². The number of nitrogens with one attached hydrogen (secondary N) is 2. The van der Waals surface area contributed by atoms with Gasteiger partial charge in [0.15, 0.2) is 6.61 Å². The Labute approximate surface area is 196 Å². The minimum absolute atomic E-state index is 0.0927. The first-order valence-corrected chi connectivity index (χ1v) is 11.2. The van der Waals surface area contributed by atoms with E-state index in [0.717, 1.165) is 11.3 Å². The molecule has 1 heterocycles. The molecule has 0 spiro atoms. The van der Waals surface area contributed by atoms with Gasteiger partial charge in [0.25, 0.3) is 11.8 Å². The molecule has 2 aromatic rings. The fourth-order valence-electron chi connectivity index (χ4n) is 2.73. The number of amides is 2. The molecule has 0 radical (unpaired) electrons. The van der Waals surface area contributed by atoms with Gasteiger partial charge in [-0.05, 0) is 43.5 Å². The number of hydrogen-bond donors (Lipinski definition) is 2. The molecule has 0 atom stereocenters. The molecule has 0 saturated carbocycles. The van der Waals surface area contributed by atoms with Gasteiger partial charge in [-0.3, -0.25) is 9.59 Å². The fraction of sp³-hybridized carbons (Fsp3) is 0.391. The van der Waals surface area contributed by atoms with Crippen molar-refractivity contribution in [2.75, 3.05) is 32.2 Å². The maximum absolute atomic E-state index is 12.4. The van der Waals surface area contributed by atoms with Gasteiger partial charge < -0.3 is 24.8 Å². The monoisotopic (exact) mass is 476 g/mol. The highest BCUT2D eigenvalue weighted by Crippen LogP contribution is 2.33. The molecule has 0 bridgehead atoms. The van der Waals surface area contributed by atoms with Crippen LogP contribution < -0.4 is 15.4 Å². The number of esters is 2. The average molecular weight is 477 g/mol. The molecule has 2 rings (SSSR count). The van der Waals surface area contributed by atoms with Gasteiger partial charge in [0, 0.05) is 7.05 Å². The second-order valence-electron chi connectivity index (χ2n) is 7.42. The van der Waals surface area contributed by atoms with Crippen molar-refractivity contribution >= 4 is 40.1 Å². The van der Waals surface area contributed by atoms with Crippen molar-refractivity contribution in [1.82, 2.24) is 5.32 Å². The van der Waals surface area contributed by atoms with E-state index in [1.807, 2.05) is 13.8 Å². The lowest BCUT2D eigenvalue weighted by atomic mass is 10.1. The van der Waals surface area contributed by atoms with Crippen LogP contribution in [0.4, 0.5) is 5.00 Å². The van der Waals surface area contributed by atoms with Crippen molar-refractivity contribution in [3.05, 3.63) is 45.8 Å². The third-order valence-corrected chi connectivity index (χ3v) is 5.51. The van der Waals surface area contributed by atoms with Gasteiger partial charge in [0.2, 0.25) is 0 Å². The van der Waals surface area contributed by atoms with Gasteiger partial charge in [-0.25, -0.2) is 9.59 Å². The lowest BCUT2D eigenvalue weighted by molar-refractivity contribution is -0.119. The Morgan fingerprint density at radius 1 is 1.09 bits per heavy atom. The van der Waals surface area contributed by atoms with Crippen LogP contribution in [0.3, 0.4) is 0 Å². The highest BCUT2D eigenvalue weighted by atomic mass is 32.1. The molecule has 178 valence electrons. The predicted octanol–water partition coefficient (Wildman–Crippen LogP) is 3.42. The van der Waals surface area contributed by atoms with Gasteiger partial charge in [-0.1, -0.05) is 19.9 Å². The van der Waals surface area contributed by atoms with Crippen molar-refractivity contribution in [2.24, 2.45) is 5.92 Å². The molecule has 0 saturated heterocycles. The van der Waals surface area contributed by atoms with Crippen molar-refractivity contribution < 1.29 is 33.4 Å². The second-order valence-corrected chi connectivity index (χ2v) is 8.44. The summed E-state index contributed by atoms with van der Waals surface area (Å²) in [4.78, 5) is 49.5. The minimum Gasteiger partial charge on any atom is -0.493 e. The summed E-state index contributed by atoms with van der Waals surface area (Å²) in [6, 6.07) is 6.48. The van der Waals surface area contributed by atoms with Crippen LogP contribution >= 0.6 is 11.3 Å². The Balaban J connectivity index is 2.08. The van der Waals surface area contributed by atoms with E-state index in [-0.39, 0.29) is 27.6 Å². The van der Waals surface area contributed by atoms with E-state index in [4.69, 9.17) is 14.2 Å². The molecule has 1 aromatic carbocycles. The zero-order chi connectivity index (χ0) is 24.5. The Morgan fingerprint density at radius 2 is 1.82 bits per heavy atom. The lowest BCUT2D eigenvalue weighted by Gasteiger charge is -2.10. The van der Waals surface area contributed by atoms with E-state index in [0.29, 0.717) is 23.8 Å². The maximum atomic E-state index is 12.4. The number of carbonyl (C=O) groups is 4. The SMILES string of the molecule is CCOC(=O)c1c(NC(=O)COC(=O)c2cccc(OCC(C)C)c2)sc(C(=O)NC)c1C. The van der Waals surface area contributed by atoms with Gasteiger partial charge in [0.1, 0.15) is 10.8 Å². The molecule has 10 heteroatoms. The molecule has 9 nitrogen and oxygen atoms in total. The number of rotatable bonds is 10. The molecule has 0 aliphatic carbocycles. The van der Waals surface area contributed by atoms with Gasteiger partial charge in [-0.2, -0.15) is 0 Å². The smallest absolute Gasteiger partial charge is 0.341 e. The van der Waals surface area contributed by atoms with Crippen LogP contribution in [0.1, 0.15) is 56.7 Å². The first kappa shape index (κ1) is 25.9. The van der Waals surface area contributed by atoms with E-state index in [2.05, 4.69) is 10.6 Å². The third kappa shape index (κ3) is 7.04. The molecule has 1 aromatic heterocycles. The maximum Gasteiger partial charge on any atom is 0.341 e. The predicted molar refractivity (Wildman–Crippen MR) is 124 cm³/mol. The van der Waals surface area contributed by atoms with Crippen molar-refractivity contribution in [3.63, 3.8) is 0 Å². The quantitative estimate of drug-likeness (QED) is 0.504. The average Bonchev–Trinajstić information content (AvgIpc) is 3.11. The first-order chi connectivity index (χ1) is 15.7. The van der Waals surface area contributed by atoms with Crippen LogP contribution in [-0.4, -0.2) is 50.6 Å². The first-order valence-electron chi connectivity index (χ1n) is 10.4. The summed E-state index contributed by atoms with van der Waals surface area (Å²) in [5, 5.41) is 5.18. The van der Waals surface area contributed by atoms with E-state index in [1.54, 1.807) is 38.1 Å². The highest BCUT2D eigenvalue weighted by Gasteiger charge is 2.26. The van der Waals surface area contributed by atoms with Crippen molar-refractivity contribution in [2.45, 2.75) is 27.7 Å². The number of benzene rings is 1. The molecule has 33 heavy (non-hydrogen) atoms. The largest absolute Gasteiger partial charge is 0.493 e. The Hall–Kier alpha value is -3.40. The summed E-state index contributed by atoms with van der Waals surface area (Å²) in [5.41, 5.74) is 0.726. The van der Waals surface area contributed by atoms with Gasteiger partial charge in [-0.15, -0.1) is 11.3 Å². The van der Waals surface area contributed by atoms with Crippen LogP contribution in [0.5, 0.6) is 5.75 Å². The summed E-state index contributed by atoms with van der Waals surface area (Å²) in [7, 11) is 1.46. The molecule has 2 N–H and O–H groups in total. The molecule has 0 fully saturated rings. The Bertz CT molecular complexity index is 1030. The Kier molecular flexibility index (Phi) is 9.41. The van der Waals surface area contributed by atoms with E-state index in [1.165, 1.54) is 7.05 Å². The number of carbonyl (C=O) groups excluding carboxylic acids is 4.